The van der Waals surface area contributed by atoms with Gasteiger partial charge in [-0.15, -0.1) is 0 Å². The van der Waals surface area contributed by atoms with Crippen LogP contribution in [0.3, 0.4) is 0 Å². The molecule has 1 atom stereocenters. The van der Waals surface area contributed by atoms with Crippen molar-refractivity contribution in [1.29, 1.82) is 0 Å². The molecule has 0 saturated carbocycles. The SMILES string of the molecule is CCCCCc1ccc2c(c1)CC(c1ccc(C)cc1)Cc1ccccc1-2. The van der Waals surface area contributed by atoms with Crippen molar-refractivity contribution >= 4 is 0 Å². The summed E-state index contributed by atoms with van der Waals surface area (Å²) in [6.45, 7) is 4.45. The lowest BCUT2D eigenvalue weighted by atomic mass is 9.88. The Morgan fingerprint density at radius 1 is 0.778 bits per heavy atom. The fourth-order valence-corrected chi connectivity index (χ4v) is 4.45. The zero-order chi connectivity index (χ0) is 18.6. The molecule has 0 heteroatoms. The molecule has 0 heterocycles. The van der Waals surface area contributed by atoms with Gasteiger partial charge >= 0.3 is 0 Å². The highest BCUT2D eigenvalue weighted by Gasteiger charge is 2.22. The molecule has 0 saturated heterocycles. The first-order valence-electron chi connectivity index (χ1n) is 10.5. The molecule has 0 N–H and O–H groups in total. The van der Waals surface area contributed by atoms with Crippen LogP contribution in [0.5, 0.6) is 0 Å². The first-order chi connectivity index (χ1) is 13.2. The van der Waals surface area contributed by atoms with Crippen molar-refractivity contribution in [3.8, 4) is 11.1 Å². The van der Waals surface area contributed by atoms with Crippen LogP contribution in [0.2, 0.25) is 0 Å². The number of rotatable bonds is 5. The number of unbranched alkanes of at least 4 members (excludes halogenated alkanes) is 2. The number of hydrogen-bond acceptors (Lipinski definition) is 0. The minimum Gasteiger partial charge on any atom is -0.0654 e. The summed E-state index contributed by atoms with van der Waals surface area (Å²) in [5, 5.41) is 0. The summed E-state index contributed by atoms with van der Waals surface area (Å²) in [5.41, 5.74) is 10.2. The molecule has 0 aromatic heterocycles. The smallest absolute Gasteiger partial charge is 0.00806 e. The van der Waals surface area contributed by atoms with Crippen LogP contribution in [-0.4, -0.2) is 0 Å². The lowest BCUT2D eigenvalue weighted by Gasteiger charge is -2.17. The molecule has 1 aliphatic carbocycles. The highest BCUT2D eigenvalue weighted by molar-refractivity contribution is 5.72. The third kappa shape index (κ3) is 4.00. The molecule has 1 aliphatic rings. The van der Waals surface area contributed by atoms with Crippen molar-refractivity contribution in [2.24, 2.45) is 0 Å². The zero-order valence-corrected chi connectivity index (χ0v) is 16.7. The standard InChI is InChI=1S/C27H30/c1-3-4-5-8-21-13-16-27-25(17-21)19-24(22-14-11-20(2)12-15-22)18-23-9-6-7-10-26(23)27/h6-7,9-17,24H,3-5,8,18-19H2,1-2H3. The summed E-state index contributed by atoms with van der Waals surface area (Å²) < 4.78 is 0. The van der Waals surface area contributed by atoms with Crippen molar-refractivity contribution in [2.75, 3.05) is 0 Å². The van der Waals surface area contributed by atoms with Crippen LogP contribution in [0, 0.1) is 6.92 Å². The minimum absolute atomic E-state index is 0.555. The Bertz CT molecular complexity index is 902. The second-order valence-corrected chi connectivity index (χ2v) is 8.12. The van der Waals surface area contributed by atoms with E-state index in [4.69, 9.17) is 0 Å². The second kappa shape index (κ2) is 8.13. The van der Waals surface area contributed by atoms with Gasteiger partial charge in [-0.05, 0) is 71.9 Å². The number of aryl methyl sites for hydroxylation is 2. The Kier molecular flexibility index (Phi) is 5.43. The maximum absolute atomic E-state index is 2.49. The van der Waals surface area contributed by atoms with Gasteiger partial charge in [-0.1, -0.05) is 92.1 Å². The molecule has 0 aliphatic heterocycles. The Hall–Kier alpha value is -2.34. The lowest BCUT2D eigenvalue weighted by molar-refractivity contribution is 0.686. The van der Waals surface area contributed by atoms with Crippen LogP contribution in [0.4, 0.5) is 0 Å². The summed E-state index contributed by atoms with van der Waals surface area (Å²) in [6, 6.07) is 25.4. The van der Waals surface area contributed by atoms with Gasteiger partial charge < -0.3 is 0 Å². The van der Waals surface area contributed by atoms with Crippen LogP contribution in [-0.2, 0) is 19.3 Å². The highest BCUT2D eigenvalue weighted by Crippen LogP contribution is 2.38. The van der Waals surface area contributed by atoms with E-state index in [-0.39, 0.29) is 0 Å². The van der Waals surface area contributed by atoms with E-state index in [9.17, 15) is 0 Å². The molecule has 4 rings (SSSR count). The molecule has 0 amide bonds. The van der Waals surface area contributed by atoms with Crippen molar-refractivity contribution in [3.05, 3.63) is 94.5 Å². The van der Waals surface area contributed by atoms with E-state index < -0.39 is 0 Å². The molecule has 138 valence electrons. The first-order valence-corrected chi connectivity index (χ1v) is 10.5. The minimum atomic E-state index is 0.555. The third-order valence-electron chi connectivity index (χ3n) is 6.03. The number of fused-ring (bicyclic) bond motifs is 3. The maximum atomic E-state index is 2.49. The molecular weight excluding hydrogens is 324 g/mol. The summed E-state index contributed by atoms with van der Waals surface area (Å²) in [4.78, 5) is 0. The van der Waals surface area contributed by atoms with Gasteiger partial charge in [0.2, 0.25) is 0 Å². The van der Waals surface area contributed by atoms with Crippen LogP contribution < -0.4 is 0 Å². The van der Waals surface area contributed by atoms with E-state index in [1.807, 2.05) is 0 Å². The number of benzene rings is 3. The van der Waals surface area contributed by atoms with Crippen LogP contribution in [0.25, 0.3) is 11.1 Å². The largest absolute Gasteiger partial charge is 0.0654 e. The molecule has 0 fully saturated rings. The molecular formula is C27H30. The Balaban J connectivity index is 1.73. The van der Waals surface area contributed by atoms with Crippen molar-refractivity contribution in [3.63, 3.8) is 0 Å². The summed E-state index contributed by atoms with van der Waals surface area (Å²) in [5.74, 6) is 0.555. The van der Waals surface area contributed by atoms with E-state index in [0.717, 1.165) is 12.8 Å². The monoisotopic (exact) mass is 354 g/mol. The Morgan fingerprint density at radius 3 is 2.33 bits per heavy atom. The molecule has 27 heavy (non-hydrogen) atoms. The summed E-state index contributed by atoms with van der Waals surface area (Å²) in [7, 11) is 0. The van der Waals surface area contributed by atoms with Gasteiger partial charge in [0.15, 0.2) is 0 Å². The van der Waals surface area contributed by atoms with Gasteiger partial charge in [0, 0.05) is 0 Å². The molecule has 0 radical (unpaired) electrons. The quantitative estimate of drug-likeness (QED) is 0.422. The molecule has 1 unspecified atom stereocenters. The second-order valence-electron chi connectivity index (χ2n) is 8.12. The Morgan fingerprint density at radius 2 is 1.52 bits per heavy atom. The van der Waals surface area contributed by atoms with Gasteiger partial charge in [-0.3, -0.25) is 0 Å². The first kappa shape index (κ1) is 18.0. The van der Waals surface area contributed by atoms with Crippen LogP contribution >= 0.6 is 0 Å². The summed E-state index contributed by atoms with van der Waals surface area (Å²) >= 11 is 0. The van der Waals surface area contributed by atoms with Crippen LogP contribution in [0.15, 0.2) is 66.7 Å². The summed E-state index contributed by atoms with van der Waals surface area (Å²) in [6.07, 6.45) is 7.37. The predicted molar refractivity (Wildman–Crippen MR) is 116 cm³/mol. The van der Waals surface area contributed by atoms with Crippen LogP contribution in [0.1, 0.15) is 59.9 Å². The van der Waals surface area contributed by atoms with Crippen molar-refractivity contribution < 1.29 is 0 Å². The van der Waals surface area contributed by atoms with E-state index in [2.05, 4.69) is 80.6 Å². The molecule has 0 bridgehead atoms. The van der Waals surface area contributed by atoms with E-state index in [0.29, 0.717) is 5.92 Å². The van der Waals surface area contributed by atoms with Gasteiger partial charge in [0.25, 0.3) is 0 Å². The average Bonchev–Trinajstić information content (AvgIpc) is 2.85. The van der Waals surface area contributed by atoms with Gasteiger partial charge in [0.1, 0.15) is 0 Å². The van der Waals surface area contributed by atoms with E-state index in [1.54, 1.807) is 0 Å². The fourth-order valence-electron chi connectivity index (χ4n) is 4.45. The maximum Gasteiger partial charge on any atom is -0.00806 e. The molecule has 0 nitrogen and oxygen atoms in total. The Labute approximate surface area is 164 Å². The van der Waals surface area contributed by atoms with E-state index in [1.165, 1.54) is 64.6 Å². The fraction of sp³-hybridized carbons (Fsp3) is 0.333. The van der Waals surface area contributed by atoms with E-state index >= 15 is 0 Å². The molecule has 3 aromatic rings. The molecule has 0 spiro atoms. The van der Waals surface area contributed by atoms with Gasteiger partial charge in [-0.2, -0.15) is 0 Å². The van der Waals surface area contributed by atoms with Gasteiger partial charge in [0.05, 0.1) is 0 Å². The normalized spacial score (nSPS) is 15.7. The van der Waals surface area contributed by atoms with Crippen molar-refractivity contribution in [2.45, 2.75) is 58.3 Å². The zero-order valence-electron chi connectivity index (χ0n) is 16.7. The average molecular weight is 355 g/mol. The van der Waals surface area contributed by atoms with Crippen molar-refractivity contribution in [1.82, 2.24) is 0 Å². The predicted octanol–water partition coefficient (Wildman–Crippen LogP) is 7.28. The molecule has 3 aromatic carbocycles. The number of hydrogen-bond donors (Lipinski definition) is 0. The highest BCUT2D eigenvalue weighted by atomic mass is 14.3. The topological polar surface area (TPSA) is 0 Å². The third-order valence-corrected chi connectivity index (χ3v) is 6.03. The van der Waals surface area contributed by atoms with Gasteiger partial charge in [-0.25, -0.2) is 0 Å². The lowest BCUT2D eigenvalue weighted by Crippen LogP contribution is -2.05.